The molecule has 0 aliphatic carbocycles. The van der Waals surface area contributed by atoms with E-state index < -0.39 is 5.97 Å². The van der Waals surface area contributed by atoms with Gasteiger partial charge in [-0.1, -0.05) is 36.7 Å². The Morgan fingerprint density at radius 3 is 2.68 bits per heavy atom. The first kappa shape index (κ1) is 14.1. The van der Waals surface area contributed by atoms with Crippen molar-refractivity contribution in [1.82, 2.24) is 5.16 Å². The van der Waals surface area contributed by atoms with Crippen LogP contribution in [-0.2, 0) is 0 Å². The van der Waals surface area contributed by atoms with Crippen molar-refractivity contribution in [3.8, 4) is 11.3 Å². The summed E-state index contributed by atoms with van der Waals surface area (Å²) in [7, 11) is 0. The molecule has 1 N–H and O–H groups in total. The lowest BCUT2D eigenvalue weighted by Crippen LogP contribution is -2.02. The first-order valence-corrected chi connectivity index (χ1v) is 6.77. The zero-order valence-corrected chi connectivity index (χ0v) is 12.6. The van der Waals surface area contributed by atoms with Crippen LogP contribution in [0.1, 0.15) is 35.9 Å². The van der Waals surface area contributed by atoms with Crippen LogP contribution in [0.2, 0.25) is 5.02 Å². The maximum Gasteiger partial charge on any atom is 0.341 e. The lowest BCUT2D eigenvalue weighted by atomic mass is 10.0. The normalized spacial score (nSPS) is 11.0. The number of halogens is 2. The van der Waals surface area contributed by atoms with Crippen LogP contribution < -0.4 is 0 Å². The van der Waals surface area contributed by atoms with Gasteiger partial charge in [0, 0.05) is 16.0 Å². The van der Waals surface area contributed by atoms with Crippen LogP contribution in [0.25, 0.3) is 11.3 Å². The van der Waals surface area contributed by atoms with Gasteiger partial charge in [0.1, 0.15) is 11.3 Å². The molecule has 1 heterocycles. The average Bonchev–Trinajstić information content (AvgIpc) is 2.77. The van der Waals surface area contributed by atoms with Gasteiger partial charge < -0.3 is 9.63 Å². The summed E-state index contributed by atoms with van der Waals surface area (Å²) in [5.74, 6) is -0.734. The highest BCUT2D eigenvalue weighted by Gasteiger charge is 2.25. The summed E-state index contributed by atoms with van der Waals surface area (Å²) in [6.07, 6.45) is 0. The molecule has 0 saturated carbocycles. The zero-order valence-electron chi connectivity index (χ0n) is 10.3. The van der Waals surface area contributed by atoms with Crippen molar-refractivity contribution in [3.63, 3.8) is 0 Å². The lowest BCUT2D eigenvalue weighted by molar-refractivity contribution is 0.0694. The molecule has 0 spiro atoms. The molecule has 1 aromatic carbocycles. The molecule has 100 valence electrons. The molecule has 0 amide bonds. The van der Waals surface area contributed by atoms with Gasteiger partial charge in [0.05, 0.1) is 5.02 Å². The highest BCUT2D eigenvalue weighted by molar-refractivity contribution is 9.10. The predicted molar refractivity (Wildman–Crippen MR) is 75.7 cm³/mol. The molecule has 0 bridgehead atoms. The van der Waals surface area contributed by atoms with E-state index in [1.165, 1.54) is 0 Å². The summed E-state index contributed by atoms with van der Waals surface area (Å²) in [4.78, 5) is 11.4. The standard InChI is InChI=1S/C13H11BrClNO3/c1-6(2)12-10(13(17)18)11(16-19-12)7-3-4-9(15)8(14)5-7/h3-6H,1-2H3,(H,17,18). The lowest BCUT2D eigenvalue weighted by Gasteiger charge is -2.03. The molecule has 0 saturated heterocycles. The first-order chi connectivity index (χ1) is 8.91. The number of aromatic carboxylic acids is 1. The molecule has 0 fully saturated rings. The topological polar surface area (TPSA) is 63.3 Å². The van der Waals surface area contributed by atoms with Crippen LogP contribution >= 0.6 is 27.5 Å². The summed E-state index contributed by atoms with van der Waals surface area (Å²) in [6.45, 7) is 3.71. The molecule has 0 aliphatic heterocycles. The minimum absolute atomic E-state index is 0.0527. The number of aromatic nitrogens is 1. The van der Waals surface area contributed by atoms with Crippen LogP contribution in [-0.4, -0.2) is 16.2 Å². The zero-order chi connectivity index (χ0) is 14.2. The van der Waals surface area contributed by atoms with Crippen molar-refractivity contribution in [2.45, 2.75) is 19.8 Å². The molecule has 6 heteroatoms. The predicted octanol–water partition coefficient (Wildman–Crippen LogP) is 4.58. The number of carboxylic acid groups (broad SMARTS) is 1. The van der Waals surface area contributed by atoms with E-state index in [0.29, 0.717) is 26.5 Å². The van der Waals surface area contributed by atoms with Crippen molar-refractivity contribution < 1.29 is 14.4 Å². The van der Waals surface area contributed by atoms with E-state index in [4.69, 9.17) is 16.1 Å². The van der Waals surface area contributed by atoms with Gasteiger partial charge in [0.15, 0.2) is 5.76 Å². The third kappa shape index (κ3) is 2.67. The highest BCUT2D eigenvalue weighted by Crippen LogP contribution is 2.33. The number of hydrogen-bond acceptors (Lipinski definition) is 3. The molecule has 0 aliphatic rings. The molecule has 19 heavy (non-hydrogen) atoms. The SMILES string of the molecule is CC(C)c1onc(-c2ccc(Cl)c(Br)c2)c1C(=O)O. The van der Waals surface area contributed by atoms with Gasteiger partial charge in [-0.2, -0.15) is 0 Å². The monoisotopic (exact) mass is 343 g/mol. The van der Waals surface area contributed by atoms with Crippen LogP contribution in [0.4, 0.5) is 0 Å². The van der Waals surface area contributed by atoms with Gasteiger partial charge in [-0.3, -0.25) is 0 Å². The number of carbonyl (C=O) groups is 1. The Bertz CT molecular complexity index is 637. The molecule has 2 rings (SSSR count). The molecule has 0 radical (unpaired) electrons. The third-order valence-electron chi connectivity index (χ3n) is 2.65. The van der Waals surface area contributed by atoms with Gasteiger partial charge in [0.2, 0.25) is 0 Å². The molecule has 2 aromatic rings. The van der Waals surface area contributed by atoms with Crippen LogP contribution in [0, 0.1) is 0 Å². The van der Waals surface area contributed by atoms with E-state index >= 15 is 0 Å². The van der Waals surface area contributed by atoms with Crippen molar-refractivity contribution in [2.75, 3.05) is 0 Å². The van der Waals surface area contributed by atoms with Crippen LogP contribution in [0.3, 0.4) is 0 Å². The van der Waals surface area contributed by atoms with Gasteiger partial charge >= 0.3 is 5.97 Å². The Morgan fingerprint density at radius 2 is 2.16 bits per heavy atom. The number of carboxylic acids is 1. The van der Waals surface area contributed by atoms with E-state index in [9.17, 15) is 9.90 Å². The van der Waals surface area contributed by atoms with E-state index in [1.54, 1.807) is 18.2 Å². The minimum Gasteiger partial charge on any atom is -0.477 e. The van der Waals surface area contributed by atoms with E-state index in [0.717, 1.165) is 0 Å². The maximum absolute atomic E-state index is 11.4. The molecule has 0 atom stereocenters. The Labute approximate surface area is 123 Å². The average molecular weight is 345 g/mol. The van der Waals surface area contributed by atoms with Crippen LogP contribution in [0.5, 0.6) is 0 Å². The second-order valence-corrected chi connectivity index (χ2v) is 5.62. The highest BCUT2D eigenvalue weighted by atomic mass is 79.9. The Morgan fingerprint density at radius 1 is 1.47 bits per heavy atom. The minimum atomic E-state index is -1.05. The molecule has 0 unspecified atom stereocenters. The Kier molecular flexibility index (Phi) is 3.96. The van der Waals surface area contributed by atoms with E-state index in [1.807, 2.05) is 13.8 Å². The number of hydrogen-bond donors (Lipinski definition) is 1. The second kappa shape index (κ2) is 5.35. The van der Waals surface area contributed by atoms with Crippen molar-refractivity contribution in [1.29, 1.82) is 0 Å². The molecule has 4 nitrogen and oxygen atoms in total. The fourth-order valence-electron chi connectivity index (χ4n) is 1.74. The summed E-state index contributed by atoms with van der Waals surface area (Å²) in [5.41, 5.74) is 1.06. The van der Waals surface area contributed by atoms with Gasteiger partial charge in [-0.05, 0) is 28.1 Å². The fourth-order valence-corrected chi connectivity index (χ4v) is 2.24. The summed E-state index contributed by atoms with van der Waals surface area (Å²) in [6, 6.07) is 5.11. The van der Waals surface area contributed by atoms with Crippen molar-refractivity contribution >= 4 is 33.5 Å². The third-order valence-corrected chi connectivity index (χ3v) is 3.86. The van der Waals surface area contributed by atoms with Crippen molar-refractivity contribution in [2.24, 2.45) is 0 Å². The fraction of sp³-hybridized carbons (Fsp3) is 0.231. The van der Waals surface area contributed by atoms with Crippen LogP contribution in [0.15, 0.2) is 27.2 Å². The number of rotatable bonds is 3. The van der Waals surface area contributed by atoms with Gasteiger partial charge in [-0.15, -0.1) is 0 Å². The largest absolute Gasteiger partial charge is 0.477 e. The number of benzene rings is 1. The molecular weight excluding hydrogens is 334 g/mol. The second-order valence-electron chi connectivity index (χ2n) is 4.36. The first-order valence-electron chi connectivity index (χ1n) is 5.60. The molecule has 1 aromatic heterocycles. The molecular formula is C13H11BrClNO3. The van der Waals surface area contributed by atoms with Crippen molar-refractivity contribution in [3.05, 3.63) is 39.0 Å². The Hall–Kier alpha value is -1.33. The van der Waals surface area contributed by atoms with E-state index in [-0.39, 0.29) is 11.5 Å². The van der Waals surface area contributed by atoms with E-state index in [2.05, 4.69) is 21.1 Å². The van der Waals surface area contributed by atoms with Gasteiger partial charge in [0.25, 0.3) is 0 Å². The number of nitrogens with zero attached hydrogens (tertiary/aromatic N) is 1. The summed E-state index contributed by atoms with van der Waals surface area (Å²) < 4.78 is 5.84. The quantitative estimate of drug-likeness (QED) is 0.885. The van der Waals surface area contributed by atoms with Gasteiger partial charge in [-0.25, -0.2) is 4.79 Å². The summed E-state index contributed by atoms with van der Waals surface area (Å²) in [5, 5.41) is 13.8. The maximum atomic E-state index is 11.4. The summed E-state index contributed by atoms with van der Waals surface area (Å²) >= 11 is 9.22. The smallest absolute Gasteiger partial charge is 0.341 e. The Balaban J connectivity index is 2.62.